The number of nitrogens with one attached hydrogen (secondary N) is 1. The summed E-state index contributed by atoms with van der Waals surface area (Å²) in [6.07, 6.45) is 2.81. The highest BCUT2D eigenvalue weighted by atomic mass is 35.5. The lowest BCUT2D eigenvalue weighted by molar-refractivity contribution is 0.258. The van der Waals surface area contributed by atoms with Gasteiger partial charge in [-0.3, -0.25) is 0 Å². The Labute approximate surface area is 101 Å². The molecule has 2 nitrogen and oxygen atoms in total. The Morgan fingerprint density at radius 1 is 1.14 bits per heavy atom. The van der Waals surface area contributed by atoms with Crippen LogP contribution in [0.4, 0.5) is 0 Å². The lowest BCUT2D eigenvalue weighted by atomic mass is 10.0. The zero-order chi connectivity index (χ0) is 8.97. The van der Waals surface area contributed by atoms with Gasteiger partial charge in [0.1, 0.15) is 0 Å². The van der Waals surface area contributed by atoms with E-state index in [0.29, 0.717) is 6.04 Å². The zero-order valence-electron chi connectivity index (χ0n) is 9.45. The summed E-state index contributed by atoms with van der Waals surface area (Å²) in [6, 6.07) is 0.644. The van der Waals surface area contributed by atoms with Crippen molar-refractivity contribution in [3.63, 3.8) is 0 Å². The maximum Gasteiger partial charge on any atom is 0.00735 e. The fourth-order valence-corrected chi connectivity index (χ4v) is 1.82. The molecule has 0 aromatic heterocycles. The van der Waals surface area contributed by atoms with Gasteiger partial charge in [-0.25, -0.2) is 0 Å². The van der Waals surface area contributed by atoms with Crippen molar-refractivity contribution in [3.05, 3.63) is 0 Å². The van der Waals surface area contributed by atoms with Crippen LogP contribution in [0.2, 0.25) is 0 Å². The van der Waals surface area contributed by atoms with Gasteiger partial charge in [0.2, 0.25) is 0 Å². The molecule has 88 valence electrons. The van der Waals surface area contributed by atoms with Gasteiger partial charge in [0.15, 0.2) is 0 Å². The molecule has 0 spiro atoms. The minimum atomic E-state index is 0. The van der Waals surface area contributed by atoms with Crippen LogP contribution in [0, 0.1) is 5.92 Å². The monoisotopic (exact) mass is 242 g/mol. The first-order chi connectivity index (χ1) is 5.74. The molecule has 1 rings (SSSR count). The van der Waals surface area contributed by atoms with E-state index in [4.69, 9.17) is 0 Å². The van der Waals surface area contributed by atoms with Crippen LogP contribution in [-0.2, 0) is 0 Å². The van der Waals surface area contributed by atoms with Gasteiger partial charge in [-0.15, -0.1) is 24.8 Å². The summed E-state index contributed by atoms with van der Waals surface area (Å²) in [6.45, 7) is 8.50. The lowest BCUT2D eigenvalue weighted by Crippen LogP contribution is -2.36. The average Bonchev–Trinajstić information content (AvgIpc) is 2.55. The van der Waals surface area contributed by atoms with E-state index in [2.05, 4.69) is 24.1 Å². The summed E-state index contributed by atoms with van der Waals surface area (Å²) in [5, 5.41) is 3.31. The van der Waals surface area contributed by atoms with E-state index in [1.165, 1.54) is 32.5 Å². The highest BCUT2D eigenvalue weighted by Crippen LogP contribution is 2.11. The van der Waals surface area contributed by atoms with E-state index in [1.54, 1.807) is 0 Å². The maximum absolute atomic E-state index is 3.31. The number of rotatable bonds is 4. The highest BCUT2D eigenvalue weighted by Gasteiger charge is 2.17. The Morgan fingerprint density at radius 3 is 2.07 bits per heavy atom. The van der Waals surface area contributed by atoms with Gasteiger partial charge in [-0.05, 0) is 45.8 Å². The molecule has 1 aliphatic rings. The first-order valence-corrected chi connectivity index (χ1v) is 5.13. The molecular weight excluding hydrogens is 219 g/mol. The van der Waals surface area contributed by atoms with Gasteiger partial charge in [0.25, 0.3) is 0 Å². The molecule has 0 amide bonds. The van der Waals surface area contributed by atoms with E-state index in [9.17, 15) is 0 Å². The third-order valence-electron chi connectivity index (χ3n) is 3.05. The summed E-state index contributed by atoms with van der Waals surface area (Å²) in [7, 11) is 2.05. The van der Waals surface area contributed by atoms with E-state index in [1.807, 2.05) is 7.05 Å². The summed E-state index contributed by atoms with van der Waals surface area (Å²) in [4.78, 5) is 2.58. The van der Waals surface area contributed by atoms with Crippen molar-refractivity contribution in [1.82, 2.24) is 10.2 Å². The minimum Gasteiger partial charge on any atom is -0.317 e. The molecular formula is C10H24Cl2N2. The quantitative estimate of drug-likeness (QED) is 0.814. The standard InChI is InChI=1S/C10H22N2.2ClH/c1-9(10(2)11-3)8-12-6-4-5-7-12;;/h9-11H,4-8H2,1-3H3;2*1H. The predicted molar refractivity (Wildman–Crippen MR) is 67.9 cm³/mol. The van der Waals surface area contributed by atoms with Crippen molar-refractivity contribution in [3.8, 4) is 0 Å². The second-order valence-corrected chi connectivity index (χ2v) is 4.06. The van der Waals surface area contributed by atoms with Crippen molar-refractivity contribution in [2.75, 3.05) is 26.7 Å². The van der Waals surface area contributed by atoms with Crippen molar-refractivity contribution in [2.24, 2.45) is 5.92 Å². The number of halogens is 2. The molecule has 1 aliphatic heterocycles. The Kier molecular flexibility index (Phi) is 10.6. The van der Waals surface area contributed by atoms with Crippen molar-refractivity contribution >= 4 is 24.8 Å². The van der Waals surface area contributed by atoms with Crippen LogP contribution >= 0.6 is 24.8 Å². The average molecular weight is 243 g/mol. The van der Waals surface area contributed by atoms with Crippen molar-refractivity contribution in [1.29, 1.82) is 0 Å². The molecule has 1 fully saturated rings. The second kappa shape index (κ2) is 8.78. The molecule has 2 unspecified atom stereocenters. The Morgan fingerprint density at radius 2 is 1.64 bits per heavy atom. The lowest BCUT2D eigenvalue weighted by Gasteiger charge is -2.24. The van der Waals surface area contributed by atoms with Gasteiger partial charge >= 0.3 is 0 Å². The topological polar surface area (TPSA) is 15.3 Å². The highest BCUT2D eigenvalue weighted by molar-refractivity contribution is 5.85. The number of hydrogen-bond donors (Lipinski definition) is 1. The Balaban J connectivity index is 0. The summed E-state index contributed by atoms with van der Waals surface area (Å²) in [5.74, 6) is 0.771. The van der Waals surface area contributed by atoms with Crippen LogP contribution in [0.15, 0.2) is 0 Å². The summed E-state index contributed by atoms with van der Waals surface area (Å²) < 4.78 is 0. The molecule has 4 heteroatoms. The van der Waals surface area contributed by atoms with Crippen LogP contribution in [0.3, 0.4) is 0 Å². The van der Waals surface area contributed by atoms with Gasteiger partial charge in [-0.1, -0.05) is 6.92 Å². The third kappa shape index (κ3) is 5.40. The molecule has 14 heavy (non-hydrogen) atoms. The van der Waals surface area contributed by atoms with Gasteiger partial charge < -0.3 is 10.2 Å². The van der Waals surface area contributed by atoms with Crippen LogP contribution < -0.4 is 5.32 Å². The van der Waals surface area contributed by atoms with Crippen LogP contribution in [-0.4, -0.2) is 37.6 Å². The SMILES string of the molecule is CNC(C)C(C)CN1CCCC1.Cl.Cl. The molecule has 1 heterocycles. The van der Waals surface area contributed by atoms with Crippen LogP contribution in [0.1, 0.15) is 26.7 Å². The molecule has 0 radical (unpaired) electrons. The first kappa shape index (κ1) is 16.9. The van der Waals surface area contributed by atoms with Gasteiger partial charge in [0.05, 0.1) is 0 Å². The summed E-state index contributed by atoms with van der Waals surface area (Å²) in [5.41, 5.74) is 0. The fourth-order valence-electron chi connectivity index (χ4n) is 1.82. The molecule has 1 saturated heterocycles. The second-order valence-electron chi connectivity index (χ2n) is 4.06. The molecule has 1 N–H and O–H groups in total. The number of hydrogen-bond acceptors (Lipinski definition) is 2. The first-order valence-electron chi connectivity index (χ1n) is 5.13. The smallest absolute Gasteiger partial charge is 0.00735 e. The fraction of sp³-hybridized carbons (Fsp3) is 1.00. The third-order valence-corrected chi connectivity index (χ3v) is 3.05. The predicted octanol–water partition coefficient (Wildman–Crippen LogP) is 2.17. The molecule has 0 saturated carbocycles. The Hall–Kier alpha value is 0.500. The van der Waals surface area contributed by atoms with Crippen molar-refractivity contribution < 1.29 is 0 Å². The number of nitrogens with zero attached hydrogens (tertiary/aromatic N) is 1. The molecule has 0 aromatic carbocycles. The van der Waals surface area contributed by atoms with Gasteiger partial charge in [-0.2, -0.15) is 0 Å². The largest absolute Gasteiger partial charge is 0.317 e. The molecule has 0 aliphatic carbocycles. The van der Waals surface area contributed by atoms with Crippen LogP contribution in [0.5, 0.6) is 0 Å². The maximum atomic E-state index is 3.31. The Bertz CT molecular complexity index is 127. The zero-order valence-corrected chi connectivity index (χ0v) is 11.1. The number of likely N-dealkylation sites (tertiary alicyclic amines) is 1. The minimum absolute atomic E-state index is 0. The van der Waals surface area contributed by atoms with E-state index >= 15 is 0 Å². The molecule has 0 bridgehead atoms. The summed E-state index contributed by atoms with van der Waals surface area (Å²) >= 11 is 0. The van der Waals surface area contributed by atoms with E-state index in [-0.39, 0.29) is 24.8 Å². The molecule has 2 atom stereocenters. The normalized spacial score (nSPS) is 20.8. The van der Waals surface area contributed by atoms with Crippen LogP contribution in [0.25, 0.3) is 0 Å². The van der Waals surface area contributed by atoms with E-state index in [0.717, 1.165) is 5.92 Å². The van der Waals surface area contributed by atoms with Gasteiger partial charge in [0, 0.05) is 12.6 Å². The molecule has 0 aromatic rings. The van der Waals surface area contributed by atoms with E-state index < -0.39 is 0 Å². The van der Waals surface area contributed by atoms with Crippen molar-refractivity contribution in [2.45, 2.75) is 32.7 Å².